The van der Waals surface area contributed by atoms with Gasteiger partial charge in [0.25, 0.3) is 0 Å². The van der Waals surface area contributed by atoms with Crippen molar-refractivity contribution in [1.29, 1.82) is 0 Å². The summed E-state index contributed by atoms with van der Waals surface area (Å²) in [5.41, 5.74) is 0. The molecule has 0 N–H and O–H groups in total. The monoisotopic (exact) mass is 220 g/mol. The molecule has 0 aliphatic heterocycles. The van der Waals surface area contributed by atoms with Crippen LogP contribution in [0.2, 0.25) is 0 Å². The van der Waals surface area contributed by atoms with Gasteiger partial charge in [-0.3, -0.25) is 9.59 Å². The molecule has 0 bridgehead atoms. The van der Waals surface area contributed by atoms with Crippen LogP contribution in [0.25, 0.3) is 0 Å². The third-order valence-electron chi connectivity index (χ3n) is 0.759. The predicted octanol–water partition coefficient (Wildman–Crippen LogP) is 0.526. The van der Waals surface area contributed by atoms with Crippen LogP contribution >= 0.6 is 0 Å². The quantitative estimate of drug-likeness (QED) is 0.653. The van der Waals surface area contributed by atoms with E-state index in [9.17, 15) is 9.59 Å². The second kappa shape index (κ2) is 7.13. The Morgan fingerprint density at radius 1 is 1.30 bits per heavy atom. The van der Waals surface area contributed by atoms with Crippen LogP contribution in [0.3, 0.4) is 0 Å². The SMILES string of the molecule is CC(=O)CCOC(C)=O.[Zr]. The summed E-state index contributed by atoms with van der Waals surface area (Å²) in [6.45, 7) is 2.99. The maximum Gasteiger partial charge on any atom is 0.302 e. The predicted molar refractivity (Wildman–Crippen MR) is 31.9 cm³/mol. The average molecular weight is 221 g/mol. The largest absolute Gasteiger partial charge is 0.465 e. The van der Waals surface area contributed by atoms with E-state index in [-0.39, 0.29) is 44.6 Å². The Kier molecular flexibility index (Phi) is 9.04. The van der Waals surface area contributed by atoms with Crippen LogP contribution in [-0.2, 0) is 40.5 Å². The van der Waals surface area contributed by atoms with Crippen molar-refractivity contribution in [2.45, 2.75) is 20.3 Å². The molecule has 0 heterocycles. The molecule has 3 nitrogen and oxygen atoms in total. The molecule has 0 radical (unpaired) electrons. The second-order valence-electron chi connectivity index (χ2n) is 1.79. The number of carbonyl (C=O) groups excluding carboxylic acids is 2. The molecule has 0 spiro atoms. The van der Waals surface area contributed by atoms with E-state index in [1.807, 2.05) is 0 Å². The smallest absolute Gasteiger partial charge is 0.302 e. The summed E-state index contributed by atoms with van der Waals surface area (Å²) in [6, 6.07) is 0. The Hall–Kier alpha value is 0.0231. The maximum absolute atomic E-state index is 10.2. The van der Waals surface area contributed by atoms with E-state index in [1.54, 1.807) is 0 Å². The molecule has 0 saturated heterocycles. The van der Waals surface area contributed by atoms with Gasteiger partial charge in [-0.2, -0.15) is 0 Å². The third-order valence-corrected chi connectivity index (χ3v) is 0.759. The van der Waals surface area contributed by atoms with Crippen LogP contribution < -0.4 is 0 Å². The molecule has 0 aromatic heterocycles. The zero-order chi connectivity index (χ0) is 7.28. The summed E-state index contributed by atoms with van der Waals surface area (Å²) >= 11 is 0. The topological polar surface area (TPSA) is 43.4 Å². The van der Waals surface area contributed by atoms with Crippen LogP contribution in [0.4, 0.5) is 0 Å². The summed E-state index contributed by atoms with van der Waals surface area (Å²) in [6.07, 6.45) is 0.319. The van der Waals surface area contributed by atoms with E-state index in [1.165, 1.54) is 13.8 Å². The van der Waals surface area contributed by atoms with E-state index < -0.39 is 0 Å². The van der Waals surface area contributed by atoms with Gasteiger partial charge in [-0.05, 0) is 6.92 Å². The molecule has 0 amide bonds. The minimum Gasteiger partial charge on any atom is -0.465 e. The van der Waals surface area contributed by atoms with Crippen molar-refractivity contribution in [2.24, 2.45) is 0 Å². The molecule has 56 valence electrons. The number of carbonyl (C=O) groups is 2. The minimum absolute atomic E-state index is 0. The first-order valence-corrected chi connectivity index (χ1v) is 2.75. The van der Waals surface area contributed by atoms with E-state index in [2.05, 4.69) is 4.74 Å². The molecule has 0 fully saturated rings. The van der Waals surface area contributed by atoms with Gasteiger partial charge < -0.3 is 4.74 Å². The maximum atomic E-state index is 10.2. The Bertz CT molecular complexity index is 108. The number of ketones is 1. The molecule has 10 heavy (non-hydrogen) atoms. The van der Waals surface area contributed by atoms with Crippen molar-refractivity contribution in [3.8, 4) is 0 Å². The second-order valence-corrected chi connectivity index (χ2v) is 1.79. The molecular weight excluding hydrogens is 211 g/mol. The number of rotatable bonds is 3. The van der Waals surface area contributed by atoms with Crippen LogP contribution in [0.1, 0.15) is 20.3 Å². The molecule has 0 atom stereocenters. The van der Waals surface area contributed by atoms with E-state index in [0.717, 1.165) is 0 Å². The van der Waals surface area contributed by atoms with Gasteiger partial charge in [-0.1, -0.05) is 0 Å². The van der Waals surface area contributed by atoms with Gasteiger partial charge in [0.15, 0.2) is 0 Å². The molecule has 0 unspecified atom stereocenters. The number of hydrogen-bond acceptors (Lipinski definition) is 3. The Morgan fingerprint density at radius 3 is 2.10 bits per heavy atom. The van der Waals surface area contributed by atoms with Crippen molar-refractivity contribution in [3.05, 3.63) is 0 Å². The van der Waals surface area contributed by atoms with Crippen molar-refractivity contribution >= 4 is 11.8 Å². The zero-order valence-corrected chi connectivity index (χ0v) is 8.60. The Balaban J connectivity index is 0. The summed E-state index contributed by atoms with van der Waals surface area (Å²) in [5.74, 6) is -0.299. The fourth-order valence-electron chi connectivity index (χ4n) is 0.338. The van der Waals surface area contributed by atoms with Crippen LogP contribution in [0, 0.1) is 0 Å². The molecule has 0 aromatic rings. The van der Waals surface area contributed by atoms with Gasteiger partial charge in [0.2, 0.25) is 0 Å². The molecule has 0 saturated carbocycles. The van der Waals surface area contributed by atoms with Gasteiger partial charge in [0.05, 0.1) is 6.61 Å². The average Bonchev–Trinajstić information content (AvgIpc) is 1.63. The van der Waals surface area contributed by atoms with Gasteiger partial charge in [-0.15, -0.1) is 0 Å². The third kappa shape index (κ3) is 10.9. The molecule has 0 aliphatic rings. The number of hydrogen-bond donors (Lipinski definition) is 0. The van der Waals surface area contributed by atoms with E-state index >= 15 is 0 Å². The van der Waals surface area contributed by atoms with Crippen LogP contribution in [-0.4, -0.2) is 18.4 Å². The Morgan fingerprint density at radius 2 is 1.80 bits per heavy atom. The molecule has 0 rings (SSSR count). The first-order valence-electron chi connectivity index (χ1n) is 2.75. The Labute approximate surface area is 79.2 Å². The molecule has 4 heteroatoms. The van der Waals surface area contributed by atoms with Crippen LogP contribution in [0.15, 0.2) is 0 Å². The van der Waals surface area contributed by atoms with E-state index in [4.69, 9.17) is 0 Å². The number of Topliss-reactive ketones (excluding diaryl/α,β-unsaturated/α-hetero) is 1. The van der Waals surface area contributed by atoms with Crippen molar-refractivity contribution in [1.82, 2.24) is 0 Å². The van der Waals surface area contributed by atoms with Crippen molar-refractivity contribution in [3.63, 3.8) is 0 Å². The van der Waals surface area contributed by atoms with E-state index in [0.29, 0.717) is 6.42 Å². The number of ether oxygens (including phenoxy) is 1. The fourth-order valence-corrected chi connectivity index (χ4v) is 0.338. The van der Waals surface area contributed by atoms with Crippen LogP contribution in [0.5, 0.6) is 0 Å². The normalized spacial score (nSPS) is 7.80. The van der Waals surface area contributed by atoms with Gasteiger partial charge in [0.1, 0.15) is 5.78 Å². The summed E-state index contributed by atoms with van der Waals surface area (Å²) in [4.78, 5) is 20.3. The summed E-state index contributed by atoms with van der Waals surface area (Å²) < 4.78 is 4.49. The van der Waals surface area contributed by atoms with Crippen molar-refractivity contribution < 1.29 is 40.5 Å². The van der Waals surface area contributed by atoms with Crippen molar-refractivity contribution in [2.75, 3.05) is 6.61 Å². The van der Waals surface area contributed by atoms with Gasteiger partial charge in [0, 0.05) is 39.5 Å². The zero-order valence-electron chi connectivity index (χ0n) is 6.14. The molecular formula is C6H10O3Zr. The fraction of sp³-hybridized carbons (Fsp3) is 0.667. The van der Waals surface area contributed by atoms with Gasteiger partial charge >= 0.3 is 5.97 Å². The first-order chi connectivity index (χ1) is 4.13. The minimum atomic E-state index is -0.337. The van der Waals surface area contributed by atoms with Gasteiger partial charge in [-0.25, -0.2) is 0 Å². The summed E-state index contributed by atoms with van der Waals surface area (Å²) in [5, 5.41) is 0. The number of esters is 1. The molecule has 0 aliphatic carbocycles. The first kappa shape index (κ1) is 12.7. The molecule has 0 aromatic carbocycles. The summed E-state index contributed by atoms with van der Waals surface area (Å²) in [7, 11) is 0. The standard InChI is InChI=1S/C6H10O3.Zr/c1-5(7)3-4-9-6(2)8;/h3-4H2,1-2H3;.